The monoisotopic (exact) mass is 263 g/mol. The van der Waals surface area contributed by atoms with Crippen LogP contribution in [0.5, 0.6) is 0 Å². The van der Waals surface area contributed by atoms with Gasteiger partial charge in [-0.1, -0.05) is 0 Å². The Labute approximate surface area is 91.3 Å². The van der Waals surface area contributed by atoms with E-state index in [1.807, 2.05) is 14.0 Å². The van der Waals surface area contributed by atoms with Crippen molar-refractivity contribution >= 4 is 27.3 Å². The van der Waals surface area contributed by atoms with E-state index in [0.717, 1.165) is 11.0 Å². The van der Waals surface area contributed by atoms with E-state index in [4.69, 9.17) is 5.11 Å². The van der Waals surface area contributed by atoms with Crippen LogP contribution in [0.2, 0.25) is 0 Å². The molecule has 0 spiro atoms. The summed E-state index contributed by atoms with van der Waals surface area (Å²) in [6.07, 6.45) is 0. The van der Waals surface area contributed by atoms with E-state index in [0.29, 0.717) is 0 Å². The van der Waals surface area contributed by atoms with Gasteiger partial charge in [-0.3, -0.25) is 4.90 Å². The molecule has 1 aromatic heterocycles. The highest BCUT2D eigenvalue weighted by Crippen LogP contribution is 2.24. The number of aliphatic hydroxyl groups excluding tert-OH is 1. The number of hydrogen-bond acceptors (Lipinski definition) is 3. The zero-order chi connectivity index (χ0) is 9.84. The number of likely N-dealkylation sites (N-methyl/N-ethyl adjacent to an activating group) is 1. The molecule has 1 heterocycles. The number of aliphatic hydroxyl groups is 1. The van der Waals surface area contributed by atoms with Crippen LogP contribution in [0.1, 0.15) is 11.8 Å². The molecule has 1 aromatic rings. The van der Waals surface area contributed by atoms with Crippen LogP contribution in [0.15, 0.2) is 15.9 Å². The first-order valence-corrected chi connectivity index (χ1v) is 5.85. The molecule has 1 unspecified atom stereocenters. The minimum absolute atomic E-state index is 0.208. The van der Waals surface area contributed by atoms with E-state index in [-0.39, 0.29) is 12.6 Å². The Balaban J connectivity index is 2.54. The average molecular weight is 264 g/mol. The molecule has 1 atom stereocenters. The lowest BCUT2D eigenvalue weighted by Crippen LogP contribution is -2.31. The van der Waals surface area contributed by atoms with Crippen LogP contribution in [0.3, 0.4) is 0 Å². The van der Waals surface area contributed by atoms with Gasteiger partial charge in [-0.15, -0.1) is 11.3 Å². The van der Waals surface area contributed by atoms with Crippen LogP contribution in [0.4, 0.5) is 0 Å². The average Bonchev–Trinajstić information content (AvgIpc) is 2.50. The highest BCUT2D eigenvalue weighted by Gasteiger charge is 2.10. The SMILES string of the molecule is CC(CO)N(C)Cc1sccc1Br. The van der Waals surface area contributed by atoms with Crippen LogP contribution >= 0.6 is 27.3 Å². The summed E-state index contributed by atoms with van der Waals surface area (Å²) in [6, 6.07) is 2.27. The second-order valence-corrected chi connectivity index (χ2v) is 4.99. The van der Waals surface area contributed by atoms with Crippen molar-refractivity contribution in [2.24, 2.45) is 0 Å². The Bertz CT molecular complexity index is 264. The molecule has 0 amide bonds. The summed E-state index contributed by atoms with van der Waals surface area (Å²) in [7, 11) is 2.02. The number of halogens is 1. The van der Waals surface area contributed by atoms with Crippen LogP contribution in [0.25, 0.3) is 0 Å². The van der Waals surface area contributed by atoms with Crippen molar-refractivity contribution in [1.29, 1.82) is 0 Å². The number of rotatable bonds is 4. The maximum absolute atomic E-state index is 8.95. The quantitative estimate of drug-likeness (QED) is 0.902. The zero-order valence-electron chi connectivity index (χ0n) is 7.83. The standard InChI is InChI=1S/C9H14BrNOS/c1-7(6-12)11(2)5-9-8(10)3-4-13-9/h3-4,7,12H,5-6H2,1-2H3. The molecule has 0 saturated carbocycles. The smallest absolute Gasteiger partial charge is 0.0584 e. The molecule has 2 nitrogen and oxygen atoms in total. The molecule has 0 fully saturated rings. The Morgan fingerprint density at radius 1 is 1.69 bits per heavy atom. The lowest BCUT2D eigenvalue weighted by molar-refractivity contribution is 0.155. The second-order valence-electron chi connectivity index (χ2n) is 3.14. The molecular formula is C9H14BrNOS. The molecular weight excluding hydrogens is 250 g/mol. The van der Waals surface area contributed by atoms with Crippen LogP contribution in [-0.4, -0.2) is 29.7 Å². The first-order chi connectivity index (χ1) is 6.15. The molecule has 0 bridgehead atoms. The Morgan fingerprint density at radius 2 is 2.38 bits per heavy atom. The van der Waals surface area contributed by atoms with Crippen molar-refractivity contribution in [1.82, 2.24) is 4.90 Å². The maximum Gasteiger partial charge on any atom is 0.0584 e. The van der Waals surface area contributed by atoms with E-state index in [1.165, 1.54) is 4.88 Å². The van der Waals surface area contributed by atoms with Gasteiger partial charge in [0.05, 0.1) is 6.61 Å². The van der Waals surface area contributed by atoms with Gasteiger partial charge in [0.2, 0.25) is 0 Å². The third kappa shape index (κ3) is 3.06. The zero-order valence-corrected chi connectivity index (χ0v) is 10.2. The summed E-state index contributed by atoms with van der Waals surface area (Å²) < 4.78 is 1.16. The van der Waals surface area contributed by atoms with Crippen molar-refractivity contribution in [3.63, 3.8) is 0 Å². The third-order valence-corrected chi connectivity index (χ3v) is 4.01. The summed E-state index contributed by atoms with van der Waals surface area (Å²) >= 11 is 5.22. The fraction of sp³-hybridized carbons (Fsp3) is 0.556. The Kier molecular flexibility index (Phi) is 4.38. The van der Waals surface area contributed by atoms with E-state index in [1.54, 1.807) is 11.3 Å². The molecule has 0 aromatic carbocycles. The van der Waals surface area contributed by atoms with Gasteiger partial charge in [-0.25, -0.2) is 0 Å². The minimum atomic E-state index is 0.208. The second kappa shape index (κ2) is 5.10. The lowest BCUT2D eigenvalue weighted by Gasteiger charge is -2.22. The molecule has 0 radical (unpaired) electrons. The first kappa shape index (κ1) is 11.2. The van der Waals surface area contributed by atoms with Gasteiger partial charge in [0.15, 0.2) is 0 Å². The Hall–Kier alpha value is 0.100. The predicted molar refractivity (Wildman–Crippen MR) is 60.0 cm³/mol. The van der Waals surface area contributed by atoms with E-state index >= 15 is 0 Å². The predicted octanol–water partition coefficient (Wildman–Crippen LogP) is 2.32. The number of nitrogens with zero attached hydrogens (tertiary/aromatic N) is 1. The summed E-state index contributed by atoms with van der Waals surface area (Å²) in [5.74, 6) is 0. The summed E-state index contributed by atoms with van der Waals surface area (Å²) in [5.41, 5.74) is 0. The van der Waals surface area contributed by atoms with E-state index in [2.05, 4.69) is 32.3 Å². The molecule has 1 N–H and O–H groups in total. The van der Waals surface area contributed by atoms with Gasteiger partial charge in [0.1, 0.15) is 0 Å². The lowest BCUT2D eigenvalue weighted by atomic mass is 10.3. The van der Waals surface area contributed by atoms with Crippen LogP contribution < -0.4 is 0 Å². The van der Waals surface area contributed by atoms with Crippen molar-refractivity contribution in [2.45, 2.75) is 19.5 Å². The number of thiophene rings is 1. The van der Waals surface area contributed by atoms with Gasteiger partial charge in [0.25, 0.3) is 0 Å². The van der Waals surface area contributed by atoms with Gasteiger partial charge < -0.3 is 5.11 Å². The van der Waals surface area contributed by atoms with Crippen molar-refractivity contribution in [3.05, 3.63) is 20.8 Å². The molecule has 0 aliphatic rings. The summed E-state index contributed by atoms with van der Waals surface area (Å²) in [4.78, 5) is 3.44. The molecule has 4 heteroatoms. The fourth-order valence-corrected chi connectivity index (χ4v) is 2.50. The summed E-state index contributed by atoms with van der Waals surface area (Å²) in [5, 5.41) is 11.0. The van der Waals surface area contributed by atoms with Gasteiger partial charge in [-0.2, -0.15) is 0 Å². The van der Waals surface area contributed by atoms with Gasteiger partial charge in [-0.05, 0) is 41.3 Å². The molecule has 0 aliphatic carbocycles. The molecule has 1 rings (SSSR count). The Morgan fingerprint density at radius 3 is 2.85 bits per heavy atom. The van der Waals surface area contributed by atoms with Gasteiger partial charge >= 0.3 is 0 Å². The fourth-order valence-electron chi connectivity index (χ4n) is 0.960. The topological polar surface area (TPSA) is 23.5 Å². The van der Waals surface area contributed by atoms with Crippen molar-refractivity contribution in [3.8, 4) is 0 Å². The van der Waals surface area contributed by atoms with Crippen LogP contribution in [0, 0.1) is 0 Å². The van der Waals surface area contributed by atoms with E-state index in [9.17, 15) is 0 Å². The number of hydrogen-bond donors (Lipinski definition) is 1. The van der Waals surface area contributed by atoms with Crippen molar-refractivity contribution < 1.29 is 5.11 Å². The van der Waals surface area contributed by atoms with Crippen LogP contribution in [-0.2, 0) is 6.54 Å². The highest BCUT2D eigenvalue weighted by molar-refractivity contribution is 9.10. The normalized spacial score (nSPS) is 13.6. The van der Waals surface area contributed by atoms with Crippen molar-refractivity contribution in [2.75, 3.05) is 13.7 Å². The minimum Gasteiger partial charge on any atom is -0.395 e. The maximum atomic E-state index is 8.95. The molecule has 0 aliphatic heterocycles. The molecule has 13 heavy (non-hydrogen) atoms. The first-order valence-electron chi connectivity index (χ1n) is 4.18. The molecule has 0 saturated heterocycles. The summed E-state index contributed by atoms with van der Waals surface area (Å²) in [6.45, 7) is 3.11. The van der Waals surface area contributed by atoms with Gasteiger partial charge in [0, 0.05) is 21.9 Å². The highest BCUT2D eigenvalue weighted by atomic mass is 79.9. The van der Waals surface area contributed by atoms with E-state index < -0.39 is 0 Å². The molecule has 74 valence electrons. The third-order valence-electron chi connectivity index (χ3n) is 2.10. The largest absolute Gasteiger partial charge is 0.395 e.